The number of nitrogens with zero attached hydrogens (tertiary/aromatic N) is 5. The summed E-state index contributed by atoms with van der Waals surface area (Å²) in [7, 11) is -3.24. The molecule has 0 bridgehead atoms. The molecule has 2 aliphatic heterocycles. The summed E-state index contributed by atoms with van der Waals surface area (Å²) in [5.41, 5.74) is 1.10. The van der Waals surface area contributed by atoms with Crippen LogP contribution in [-0.4, -0.2) is 70.9 Å². The Hall–Kier alpha value is -2.55. The average molecular weight is 373 g/mol. The number of amides is 1. The molecule has 2 fully saturated rings. The van der Waals surface area contributed by atoms with Crippen molar-refractivity contribution in [3.8, 4) is 0 Å². The minimum absolute atomic E-state index is 0.000939. The Bertz CT molecular complexity index is 934. The van der Waals surface area contributed by atoms with E-state index in [1.54, 1.807) is 35.5 Å². The molecule has 2 unspecified atom stereocenters. The second-order valence-corrected chi connectivity index (χ2v) is 8.77. The Morgan fingerprint density at radius 2 is 1.81 bits per heavy atom. The van der Waals surface area contributed by atoms with E-state index in [9.17, 15) is 13.2 Å². The van der Waals surface area contributed by atoms with Crippen molar-refractivity contribution in [1.82, 2.24) is 19.9 Å². The molecule has 2 aliphatic rings. The van der Waals surface area contributed by atoms with Gasteiger partial charge in [0.05, 0.1) is 23.6 Å². The molecule has 0 spiro atoms. The van der Waals surface area contributed by atoms with E-state index in [-0.39, 0.29) is 23.5 Å². The fourth-order valence-electron chi connectivity index (χ4n) is 3.70. The lowest BCUT2D eigenvalue weighted by molar-refractivity contribution is 0.0641. The molecular formula is C17H19N5O3S. The van der Waals surface area contributed by atoms with Crippen LogP contribution in [0.1, 0.15) is 16.2 Å². The third-order valence-electron chi connectivity index (χ3n) is 4.85. The fraction of sp³-hybridized carbons (Fsp3) is 0.412. The number of anilines is 1. The van der Waals surface area contributed by atoms with Gasteiger partial charge in [-0.3, -0.25) is 4.79 Å². The first-order valence-electron chi connectivity index (χ1n) is 8.43. The van der Waals surface area contributed by atoms with Crippen LogP contribution in [0.4, 0.5) is 5.95 Å². The van der Waals surface area contributed by atoms with E-state index < -0.39 is 15.9 Å². The molecule has 136 valence electrons. The maximum Gasteiger partial charge on any atom is 0.272 e. The second-order valence-electron chi connectivity index (χ2n) is 6.62. The van der Waals surface area contributed by atoms with Crippen molar-refractivity contribution in [1.29, 1.82) is 0 Å². The molecule has 4 rings (SSSR count). The second kappa shape index (κ2) is 6.31. The molecule has 0 N–H and O–H groups in total. The van der Waals surface area contributed by atoms with Gasteiger partial charge in [0.25, 0.3) is 5.91 Å². The Kier molecular flexibility index (Phi) is 4.10. The van der Waals surface area contributed by atoms with E-state index in [1.165, 1.54) is 0 Å². The first kappa shape index (κ1) is 16.9. The van der Waals surface area contributed by atoms with Gasteiger partial charge in [-0.25, -0.2) is 23.4 Å². The number of carbonyl (C=O) groups excluding carboxylic acids is 1. The molecule has 9 heteroatoms. The smallest absolute Gasteiger partial charge is 0.272 e. The normalized spacial score (nSPS) is 24.3. The van der Waals surface area contributed by atoms with Crippen molar-refractivity contribution in [3.05, 3.63) is 48.0 Å². The lowest BCUT2D eigenvalue weighted by Gasteiger charge is -2.43. The number of fused-ring (bicyclic) bond motifs is 1. The number of hydrogen-bond donors (Lipinski definition) is 0. The van der Waals surface area contributed by atoms with E-state index in [1.807, 2.05) is 17.9 Å². The van der Waals surface area contributed by atoms with Crippen molar-refractivity contribution in [2.75, 3.05) is 29.5 Å². The largest absolute Gasteiger partial charge is 0.333 e. The number of aromatic nitrogens is 3. The summed E-state index contributed by atoms with van der Waals surface area (Å²) in [6, 6.07) is 6.23. The lowest BCUT2D eigenvalue weighted by atomic mass is 10.0. The molecule has 26 heavy (non-hydrogen) atoms. The molecule has 0 saturated carbocycles. The van der Waals surface area contributed by atoms with Gasteiger partial charge in [0.2, 0.25) is 5.95 Å². The molecule has 1 amide bonds. The lowest BCUT2D eigenvalue weighted by Crippen LogP contribution is -2.61. The summed E-state index contributed by atoms with van der Waals surface area (Å²) in [6.45, 7) is 2.71. The van der Waals surface area contributed by atoms with Gasteiger partial charge < -0.3 is 9.80 Å². The molecule has 2 aromatic heterocycles. The standard InChI is InChI=1S/C17H19N5O3S/c1-12-4-2-5-13(20-12)16(23)21-8-9-22(17-18-6-3-7-19-17)15-11-26(24,25)10-14(15)21/h2-7,14-15H,8-11H2,1H3. The Labute approximate surface area is 151 Å². The summed E-state index contributed by atoms with van der Waals surface area (Å²) in [5.74, 6) is 0.231. The number of hydrogen-bond acceptors (Lipinski definition) is 7. The maximum absolute atomic E-state index is 13.0. The third kappa shape index (κ3) is 3.03. The number of piperazine rings is 1. The number of rotatable bonds is 2. The SMILES string of the molecule is Cc1cccc(C(=O)N2CCN(c3ncccn3)C3CS(=O)(=O)CC32)n1. The highest BCUT2D eigenvalue weighted by molar-refractivity contribution is 7.91. The summed E-state index contributed by atoms with van der Waals surface area (Å²) < 4.78 is 24.6. The number of carbonyl (C=O) groups is 1. The molecule has 0 aliphatic carbocycles. The minimum Gasteiger partial charge on any atom is -0.333 e. The third-order valence-corrected chi connectivity index (χ3v) is 6.55. The quantitative estimate of drug-likeness (QED) is 0.747. The van der Waals surface area contributed by atoms with Crippen LogP contribution in [0.15, 0.2) is 36.7 Å². The molecule has 8 nitrogen and oxygen atoms in total. The highest BCUT2D eigenvalue weighted by Gasteiger charge is 2.49. The van der Waals surface area contributed by atoms with Crippen molar-refractivity contribution < 1.29 is 13.2 Å². The van der Waals surface area contributed by atoms with Crippen molar-refractivity contribution in [2.45, 2.75) is 19.0 Å². The Morgan fingerprint density at radius 3 is 2.54 bits per heavy atom. The first-order valence-corrected chi connectivity index (χ1v) is 10.3. The van der Waals surface area contributed by atoms with Crippen LogP contribution in [0.3, 0.4) is 0 Å². The average Bonchev–Trinajstić information content (AvgIpc) is 2.96. The number of pyridine rings is 1. The predicted octanol–water partition coefficient (Wildman–Crippen LogP) is 0.308. The van der Waals surface area contributed by atoms with Gasteiger partial charge in [-0.1, -0.05) is 6.07 Å². The van der Waals surface area contributed by atoms with E-state index in [4.69, 9.17) is 0 Å². The highest BCUT2D eigenvalue weighted by Crippen LogP contribution is 2.30. The van der Waals surface area contributed by atoms with Gasteiger partial charge in [0.1, 0.15) is 5.69 Å². The molecule has 2 saturated heterocycles. The summed E-state index contributed by atoms with van der Waals surface area (Å²) in [6.07, 6.45) is 3.27. The van der Waals surface area contributed by atoms with Gasteiger partial charge in [-0.15, -0.1) is 0 Å². The molecule has 4 heterocycles. The van der Waals surface area contributed by atoms with E-state index in [0.717, 1.165) is 5.69 Å². The van der Waals surface area contributed by atoms with Crippen LogP contribution in [0.5, 0.6) is 0 Å². The van der Waals surface area contributed by atoms with Crippen LogP contribution in [0, 0.1) is 6.92 Å². The van der Waals surface area contributed by atoms with Crippen molar-refractivity contribution in [3.63, 3.8) is 0 Å². The van der Waals surface area contributed by atoms with E-state index in [2.05, 4.69) is 15.0 Å². The van der Waals surface area contributed by atoms with Crippen LogP contribution < -0.4 is 4.90 Å². The van der Waals surface area contributed by atoms with Gasteiger partial charge in [-0.05, 0) is 25.1 Å². The topological polar surface area (TPSA) is 96.4 Å². The van der Waals surface area contributed by atoms with Crippen molar-refractivity contribution >= 4 is 21.7 Å². The molecule has 2 atom stereocenters. The summed E-state index contributed by atoms with van der Waals surface area (Å²) in [4.78, 5) is 29.3. The molecule has 2 aromatic rings. The number of sulfone groups is 1. The monoisotopic (exact) mass is 373 g/mol. The van der Waals surface area contributed by atoms with Gasteiger partial charge in [-0.2, -0.15) is 0 Å². The maximum atomic E-state index is 13.0. The van der Waals surface area contributed by atoms with Gasteiger partial charge in [0.15, 0.2) is 9.84 Å². The Morgan fingerprint density at radius 1 is 1.08 bits per heavy atom. The van der Waals surface area contributed by atoms with Crippen LogP contribution >= 0.6 is 0 Å². The zero-order valence-corrected chi connectivity index (χ0v) is 15.1. The van der Waals surface area contributed by atoms with Crippen molar-refractivity contribution in [2.24, 2.45) is 0 Å². The van der Waals surface area contributed by atoms with Crippen LogP contribution in [-0.2, 0) is 9.84 Å². The van der Waals surface area contributed by atoms with Crippen LogP contribution in [0.2, 0.25) is 0 Å². The molecule has 0 aromatic carbocycles. The number of aryl methyl sites for hydroxylation is 1. The summed E-state index contributed by atoms with van der Waals surface area (Å²) in [5, 5.41) is 0. The molecular weight excluding hydrogens is 354 g/mol. The summed E-state index contributed by atoms with van der Waals surface area (Å²) >= 11 is 0. The predicted molar refractivity (Wildman–Crippen MR) is 95.6 cm³/mol. The van der Waals surface area contributed by atoms with E-state index in [0.29, 0.717) is 24.7 Å². The Balaban J connectivity index is 1.66. The zero-order valence-electron chi connectivity index (χ0n) is 14.3. The molecule has 0 radical (unpaired) electrons. The van der Waals surface area contributed by atoms with Gasteiger partial charge in [0, 0.05) is 31.2 Å². The van der Waals surface area contributed by atoms with Crippen LogP contribution in [0.25, 0.3) is 0 Å². The fourth-order valence-corrected chi connectivity index (χ4v) is 5.68. The highest BCUT2D eigenvalue weighted by atomic mass is 32.2. The zero-order chi connectivity index (χ0) is 18.3. The van der Waals surface area contributed by atoms with E-state index >= 15 is 0 Å². The van der Waals surface area contributed by atoms with Gasteiger partial charge >= 0.3 is 0 Å². The minimum atomic E-state index is -3.24. The first-order chi connectivity index (χ1) is 12.4.